The van der Waals surface area contributed by atoms with Gasteiger partial charge >= 0.3 is 0 Å². The summed E-state index contributed by atoms with van der Waals surface area (Å²) in [6, 6.07) is 1.92. The molecular formula is C8H8OS2. The molecule has 0 aliphatic carbocycles. The fourth-order valence-electron chi connectivity index (χ4n) is 0.744. The van der Waals surface area contributed by atoms with Crippen LogP contribution in [0.15, 0.2) is 17.5 Å². The zero-order chi connectivity index (χ0) is 8.10. The molecule has 3 heteroatoms. The third kappa shape index (κ3) is 2.20. The molecule has 0 aromatic carbocycles. The standard InChI is InChI=1S/C8H8OS2/c9-6-8-7(2-1-4-10)3-5-11-8/h1-3,5-6,10H,4H2. The maximum Gasteiger partial charge on any atom is 0.160 e. The molecule has 1 nitrogen and oxygen atoms in total. The van der Waals surface area contributed by atoms with Crippen molar-refractivity contribution >= 4 is 36.3 Å². The van der Waals surface area contributed by atoms with Crippen LogP contribution in [0.3, 0.4) is 0 Å². The van der Waals surface area contributed by atoms with E-state index < -0.39 is 0 Å². The van der Waals surface area contributed by atoms with Gasteiger partial charge < -0.3 is 0 Å². The fourth-order valence-corrected chi connectivity index (χ4v) is 1.54. The largest absolute Gasteiger partial charge is 0.297 e. The molecule has 0 amide bonds. The average molecular weight is 184 g/mol. The van der Waals surface area contributed by atoms with Gasteiger partial charge in [-0.05, 0) is 17.0 Å². The molecule has 0 N–H and O–H groups in total. The van der Waals surface area contributed by atoms with Gasteiger partial charge in [0.05, 0.1) is 4.88 Å². The van der Waals surface area contributed by atoms with E-state index in [0.29, 0.717) is 5.75 Å². The van der Waals surface area contributed by atoms with Crippen LogP contribution in [-0.4, -0.2) is 12.0 Å². The van der Waals surface area contributed by atoms with E-state index >= 15 is 0 Å². The van der Waals surface area contributed by atoms with E-state index in [2.05, 4.69) is 12.6 Å². The summed E-state index contributed by atoms with van der Waals surface area (Å²) in [6.45, 7) is 0. The van der Waals surface area contributed by atoms with Crippen molar-refractivity contribution in [3.05, 3.63) is 28.0 Å². The lowest BCUT2D eigenvalue weighted by Crippen LogP contribution is -1.74. The molecule has 0 bridgehead atoms. The molecule has 58 valence electrons. The zero-order valence-electron chi connectivity index (χ0n) is 5.86. The molecule has 0 radical (unpaired) electrons. The molecule has 1 heterocycles. The molecule has 0 aliphatic heterocycles. The van der Waals surface area contributed by atoms with Crippen molar-refractivity contribution < 1.29 is 4.79 Å². The zero-order valence-corrected chi connectivity index (χ0v) is 7.57. The molecule has 0 unspecified atom stereocenters. The Balaban J connectivity index is 2.84. The van der Waals surface area contributed by atoms with Crippen molar-refractivity contribution in [1.29, 1.82) is 0 Å². The van der Waals surface area contributed by atoms with Gasteiger partial charge in [0.2, 0.25) is 0 Å². The van der Waals surface area contributed by atoms with Crippen LogP contribution in [-0.2, 0) is 0 Å². The Morgan fingerprint density at radius 1 is 1.64 bits per heavy atom. The van der Waals surface area contributed by atoms with E-state index in [4.69, 9.17) is 0 Å². The second-order valence-electron chi connectivity index (χ2n) is 1.94. The number of carbonyl (C=O) groups excluding carboxylic acids is 1. The highest BCUT2D eigenvalue weighted by Crippen LogP contribution is 2.15. The minimum absolute atomic E-state index is 0.703. The summed E-state index contributed by atoms with van der Waals surface area (Å²) in [4.78, 5) is 11.2. The van der Waals surface area contributed by atoms with Crippen LogP contribution in [0.25, 0.3) is 6.08 Å². The fraction of sp³-hybridized carbons (Fsp3) is 0.125. The predicted molar refractivity (Wildman–Crippen MR) is 52.6 cm³/mol. The maximum atomic E-state index is 10.4. The van der Waals surface area contributed by atoms with Crippen molar-refractivity contribution in [2.24, 2.45) is 0 Å². The first-order valence-electron chi connectivity index (χ1n) is 3.18. The molecule has 0 saturated heterocycles. The van der Waals surface area contributed by atoms with E-state index in [1.165, 1.54) is 11.3 Å². The molecule has 0 spiro atoms. The van der Waals surface area contributed by atoms with Gasteiger partial charge in [0.25, 0.3) is 0 Å². The summed E-state index contributed by atoms with van der Waals surface area (Å²) in [6.07, 6.45) is 4.70. The molecule has 1 aromatic rings. The van der Waals surface area contributed by atoms with Crippen LogP contribution >= 0.6 is 24.0 Å². The highest BCUT2D eigenvalue weighted by molar-refractivity contribution is 7.80. The number of thiol groups is 1. The third-order valence-corrected chi connectivity index (χ3v) is 2.31. The lowest BCUT2D eigenvalue weighted by Gasteiger charge is -1.85. The molecule has 0 aliphatic rings. The maximum absolute atomic E-state index is 10.4. The Morgan fingerprint density at radius 3 is 3.09 bits per heavy atom. The molecular weight excluding hydrogens is 176 g/mol. The first-order valence-corrected chi connectivity index (χ1v) is 4.69. The summed E-state index contributed by atoms with van der Waals surface area (Å²) in [5.41, 5.74) is 0.985. The van der Waals surface area contributed by atoms with Crippen molar-refractivity contribution in [2.45, 2.75) is 0 Å². The summed E-state index contributed by atoms with van der Waals surface area (Å²) in [7, 11) is 0. The first kappa shape index (κ1) is 8.56. The van der Waals surface area contributed by atoms with Gasteiger partial charge in [-0.25, -0.2) is 0 Å². The summed E-state index contributed by atoms with van der Waals surface area (Å²) < 4.78 is 0. The van der Waals surface area contributed by atoms with Crippen molar-refractivity contribution in [3.8, 4) is 0 Å². The van der Waals surface area contributed by atoms with Crippen molar-refractivity contribution in [3.63, 3.8) is 0 Å². The Kier molecular flexibility index (Phi) is 3.39. The monoisotopic (exact) mass is 184 g/mol. The molecule has 0 saturated carbocycles. The van der Waals surface area contributed by atoms with Crippen LogP contribution < -0.4 is 0 Å². The lowest BCUT2D eigenvalue weighted by atomic mass is 10.2. The van der Waals surface area contributed by atoms with Gasteiger partial charge in [-0.1, -0.05) is 12.2 Å². The molecule has 0 atom stereocenters. The normalized spacial score (nSPS) is 10.6. The second-order valence-corrected chi connectivity index (χ2v) is 3.26. The molecule has 0 fully saturated rings. The summed E-state index contributed by atoms with van der Waals surface area (Å²) in [5.74, 6) is 0.703. The Labute approximate surface area is 75.2 Å². The Morgan fingerprint density at radius 2 is 2.45 bits per heavy atom. The van der Waals surface area contributed by atoms with Gasteiger partial charge in [0.1, 0.15) is 0 Å². The molecule has 1 aromatic heterocycles. The molecule has 1 rings (SSSR count). The van der Waals surface area contributed by atoms with Crippen molar-refractivity contribution in [2.75, 3.05) is 5.75 Å². The van der Waals surface area contributed by atoms with Gasteiger partial charge in [-0.3, -0.25) is 4.79 Å². The number of aldehydes is 1. The second kappa shape index (κ2) is 4.36. The molecule has 11 heavy (non-hydrogen) atoms. The Bertz CT molecular complexity index is 263. The van der Waals surface area contributed by atoms with Crippen LogP contribution in [0, 0.1) is 0 Å². The smallest absolute Gasteiger partial charge is 0.160 e. The van der Waals surface area contributed by atoms with Gasteiger partial charge in [-0.15, -0.1) is 11.3 Å². The van der Waals surface area contributed by atoms with Crippen LogP contribution in [0.5, 0.6) is 0 Å². The highest BCUT2D eigenvalue weighted by atomic mass is 32.1. The van der Waals surface area contributed by atoms with Gasteiger partial charge in [-0.2, -0.15) is 12.6 Å². The average Bonchev–Trinajstić information content (AvgIpc) is 2.47. The topological polar surface area (TPSA) is 17.1 Å². The van der Waals surface area contributed by atoms with Gasteiger partial charge in [0, 0.05) is 5.75 Å². The third-order valence-electron chi connectivity index (χ3n) is 1.24. The first-order chi connectivity index (χ1) is 5.38. The van der Waals surface area contributed by atoms with Crippen LogP contribution in [0.2, 0.25) is 0 Å². The van der Waals surface area contributed by atoms with E-state index in [1.54, 1.807) is 0 Å². The SMILES string of the molecule is O=Cc1sccc1C=CCS. The highest BCUT2D eigenvalue weighted by Gasteiger charge is 1.96. The number of rotatable bonds is 3. The lowest BCUT2D eigenvalue weighted by molar-refractivity contribution is 0.112. The van der Waals surface area contributed by atoms with Crippen LogP contribution in [0.1, 0.15) is 15.2 Å². The number of hydrogen-bond donors (Lipinski definition) is 1. The van der Waals surface area contributed by atoms with Crippen molar-refractivity contribution in [1.82, 2.24) is 0 Å². The Hall–Kier alpha value is -0.540. The number of carbonyl (C=O) groups is 1. The minimum Gasteiger partial charge on any atom is -0.297 e. The minimum atomic E-state index is 0.703. The quantitative estimate of drug-likeness (QED) is 0.564. The van der Waals surface area contributed by atoms with Gasteiger partial charge in [0.15, 0.2) is 6.29 Å². The van der Waals surface area contributed by atoms with E-state index in [-0.39, 0.29) is 0 Å². The van der Waals surface area contributed by atoms with Crippen LogP contribution in [0.4, 0.5) is 0 Å². The van der Waals surface area contributed by atoms with E-state index in [9.17, 15) is 4.79 Å². The number of hydrogen-bond acceptors (Lipinski definition) is 3. The van der Waals surface area contributed by atoms with E-state index in [0.717, 1.165) is 16.7 Å². The summed E-state index contributed by atoms with van der Waals surface area (Å²) in [5, 5.41) is 1.90. The van der Waals surface area contributed by atoms with E-state index in [1.807, 2.05) is 23.6 Å². The number of thiophene rings is 1. The summed E-state index contributed by atoms with van der Waals surface area (Å²) >= 11 is 5.48. The predicted octanol–water partition coefficient (Wildman–Crippen LogP) is 2.50.